The van der Waals surface area contributed by atoms with Gasteiger partial charge >= 0.3 is 6.18 Å². The lowest BCUT2D eigenvalue weighted by atomic mass is 9.96. The predicted octanol–water partition coefficient (Wildman–Crippen LogP) is 4.96. The molecular formula is C27H18F3IN6O2. The van der Waals surface area contributed by atoms with Crippen molar-refractivity contribution in [3.8, 4) is 28.3 Å². The number of nitriles is 1. The summed E-state index contributed by atoms with van der Waals surface area (Å²) in [5.41, 5.74) is 1.59. The highest BCUT2D eigenvalue weighted by atomic mass is 127. The Kier molecular flexibility index (Phi) is 6.96. The molecule has 0 atom stereocenters. The first-order valence-corrected chi connectivity index (χ1v) is 12.6. The summed E-state index contributed by atoms with van der Waals surface area (Å²) in [5, 5.41) is 27.6. The highest BCUT2D eigenvalue weighted by molar-refractivity contribution is 14.1. The number of alkyl halides is 3. The van der Waals surface area contributed by atoms with Gasteiger partial charge in [0.25, 0.3) is 5.56 Å². The van der Waals surface area contributed by atoms with Crippen molar-refractivity contribution in [2.45, 2.75) is 26.3 Å². The van der Waals surface area contributed by atoms with Gasteiger partial charge in [0.15, 0.2) is 11.5 Å². The van der Waals surface area contributed by atoms with Gasteiger partial charge in [0.2, 0.25) is 0 Å². The summed E-state index contributed by atoms with van der Waals surface area (Å²) in [6.07, 6.45) is -4.60. The number of rotatable bonds is 5. The van der Waals surface area contributed by atoms with Crippen molar-refractivity contribution in [2.24, 2.45) is 0 Å². The fourth-order valence-electron chi connectivity index (χ4n) is 4.35. The van der Waals surface area contributed by atoms with Gasteiger partial charge in [-0.05, 0) is 76.5 Å². The van der Waals surface area contributed by atoms with Crippen LogP contribution < -0.4 is 5.56 Å². The van der Waals surface area contributed by atoms with E-state index in [-0.39, 0.29) is 29.3 Å². The Bertz CT molecular complexity index is 1800. The molecule has 0 amide bonds. The fourth-order valence-corrected chi connectivity index (χ4v) is 4.71. The van der Waals surface area contributed by atoms with Gasteiger partial charge in [-0.3, -0.25) is 4.79 Å². The number of benzene rings is 2. The molecule has 0 spiro atoms. The second-order valence-corrected chi connectivity index (χ2v) is 9.90. The lowest BCUT2D eigenvalue weighted by molar-refractivity contribution is -0.141. The number of aliphatic hydroxyl groups is 1. The van der Waals surface area contributed by atoms with Gasteiger partial charge in [0.05, 0.1) is 23.7 Å². The number of aliphatic hydroxyl groups excluding tert-OH is 1. The van der Waals surface area contributed by atoms with Gasteiger partial charge in [-0.25, -0.2) is 14.2 Å². The molecule has 0 radical (unpaired) electrons. The van der Waals surface area contributed by atoms with Gasteiger partial charge in [-0.15, -0.1) is 10.2 Å². The van der Waals surface area contributed by atoms with E-state index in [0.29, 0.717) is 27.8 Å². The third kappa shape index (κ3) is 4.90. The van der Waals surface area contributed by atoms with Crippen molar-refractivity contribution >= 4 is 28.2 Å². The normalized spacial score (nSPS) is 11.6. The lowest BCUT2D eigenvalue weighted by Gasteiger charge is -2.18. The van der Waals surface area contributed by atoms with Crippen LogP contribution in [0.4, 0.5) is 13.2 Å². The fraction of sp³-hybridized carbons (Fsp3) is 0.148. The molecule has 0 aliphatic carbocycles. The zero-order chi connectivity index (χ0) is 27.9. The Morgan fingerprint density at radius 1 is 0.974 bits per heavy atom. The second-order valence-electron chi connectivity index (χ2n) is 8.66. The van der Waals surface area contributed by atoms with E-state index in [0.717, 1.165) is 9.64 Å². The molecule has 1 N–H and O–H groups in total. The summed E-state index contributed by atoms with van der Waals surface area (Å²) in [7, 11) is 0. The Morgan fingerprint density at radius 3 is 2.21 bits per heavy atom. The summed E-state index contributed by atoms with van der Waals surface area (Å²) in [5.74, 6) is 0.0729. The predicted molar refractivity (Wildman–Crippen MR) is 145 cm³/mol. The van der Waals surface area contributed by atoms with E-state index in [1.165, 1.54) is 22.2 Å². The molecule has 3 heterocycles. The van der Waals surface area contributed by atoms with E-state index in [1.807, 2.05) is 12.1 Å². The maximum Gasteiger partial charge on any atom is 0.433 e. The van der Waals surface area contributed by atoms with Crippen molar-refractivity contribution in [3.63, 3.8) is 0 Å². The first-order chi connectivity index (χ1) is 18.6. The van der Waals surface area contributed by atoms with Crippen LogP contribution in [-0.2, 0) is 19.3 Å². The first kappa shape index (κ1) is 26.5. The van der Waals surface area contributed by atoms with Crippen molar-refractivity contribution in [1.82, 2.24) is 24.4 Å². The molecule has 0 saturated heterocycles. The van der Waals surface area contributed by atoms with E-state index in [1.54, 1.807) is 36.4 Å². The van der Waals surface area contributed by atoms with Crippen LogP contribution in [0.25, 0.3) is 27.9 Å². The number of halogens is 4. The van der Waals surface area contributed by atoms with Gasteiger partial charge in [0.1, 0.15) is 12.3 Å². The first-order valence-electron chi connectivity index (χ1n) is 11.5. The molecule has 196 valence electrons. The molecule has 0 fully saturated rings. The van der Waals surface area contributed by atoms with Crippen LogP contribution in [-0.4, -0.2) is 29.5 Å². The molecular weight excluding hydrogens is 624 g/mol. The SMILES string of the molecule is Cc1nc(C(F)(F)F)ccc1Cn1c(=O)c(-c2ccc(I)cc2)c(-c2ccc(C#N)cc2)c2nnc(CO)n21. The molecule has 5 aromatic rings. The minimum atomic E-state index is -4.60. The number of hydrogen-bond acceptors (Lipinski definition) is 6. The quantitative estimate of drug-likeness (QED) is 0.272. The maximum absolute atomic E-state index is 14.2. The van der Waals surface area contributed by atoms with Gasteiger partial charge in [-0.1, -0.05) is 30.3 Å². The van der Waals surface area contributed by atoms with Crippen molar-refractivity contribution in [1.29, 1.82) is 5.26 Å². The van der Waals surface area contributed by atoms with E-state index in [9.17, 15) is 28.3 Å². The Balaban J connectivity index is 1.82. The van der Waals surface area contributed by atoms with E-state index >= 15 is 0 Å². The van der Waals surface area contributed by atoms with Gasteiger partial charge in [-0.2, -0.15) is 18.4 Å². The Morgan fingerprint density at radius 2 is 1.62 bits per heavy atom. The molecule has 0 aliphatic rings. The largest absolute Gasteiger partial charge is 0.433 e. The maximum atomic E-state index is 14.2. The summed E-state index contributed by atoms with van der Waals surface area (Å²) in [6, 6.07) is 18.1. The van der Waals surface area contributed by atoms with Crippen molar-refractivity contribution < 1.29 is 18.3 Å². The number of aryl methyl sites for hydroxylation is 1. The molecule has 3 aromatic heterocycles. The van der Waals surface area contributed by atoms with Crippen molar-refractivity contribution in [2.75, 3.05) is 0 Å². The highest BCUT2D eigenvalue weighted by Gasteiger charge is 2.33. The number of hydrogen-bond donors (Lipinski definition) is 1. The average molecular weight is 642 g/mol. The van der Waals surface area contributed by atoms with Crippen LogP contribution in [0.3, 0.4) is 0 Å². The monoisotopic (exact) mass is 642 g/mol. The Hall–Kier alpha value is -4.09. The molecule has 0 unspecified atom stereocenters. The molecule has 0 aliphatic heterocycles. The lowest BCUT2D eigenvalue weighted by Crippen LogP contribution is -2.30. The zero-order valence-corrected chi connectivity index (χ0v) is 22.4. The topological polar surface area (TPSA) is 109 Å². The third-order valence-electron chi connectivity index (χ3n) is 6.25. The molecule has 8 nitrogen and oxygen atoms in total. The molecule has 5 rings (SSSR count). The summed E-state index contributed by atoms with van der Waals surface area (Å²) >= 11 is 2.15. The minimum Gasteiger partial charge on any atom is -0.388 e. The van der Waals surface area contributed by atoms with Crippen LogP contribution in [0.1, 0.15) is 28.3 Å². The highest BCUT2D eigenvalue weighted by Crippen LogP contribution is 2.34. The van der Waals surface area contributed by atoms with Crippen LogP contribution in [0, 0.1) is 21.8 Å². The standard InChI is InChI=1S/C27H18F3IN6O2/c1-15-19(8-11-21(33-15)27(28,29)30)13-36-26(39)24(18-6-9-20(31)10-7-18)23(17-4-2-16(12-32)3-5-17)25-35-34-22(14-38)37(25)36/h2-11,38H,13-14H2,1H3. The molecule has 39 heavy (non-hydrogen) atoms. The van der Waals surface area contributed by atoms with E-state index in [2.05, 4.69) is 43.8 Å². The van der Waals surface area contributed by atoms with Crippen LogP contribution >= 0.6 is 22.6 Å². The van der Waals surface area contributed by atoms with E-state index in [4.69, 9.17) is 0 Å². The smallest absolute Gasteiger partial charge is 0.388 e. The summed E-state index contributed by atoms with van der Waals surface area (Å²) in [6.45, 7) is 0.750. The minimum absolute atomic E-state index is 0.0729. The van der Waals surface area contributed by atoms with E-state index < -0.39 is 24.0 Å². The molecule has 12 heteroatoms. The average Bonchev–Trinajstić information content (AvgIpc) is 3.34. The number of nitrogens with zero attached hydrogens (tertiary/aromatic N) is 6. The number of fused-ring (bicyclic) bond motifs is 1. The molecule has 0 saturated carbocycles. The Labute approximate surface area is 233 Å². The summed E-state index contributed by atoms with van der Waals surface area (Å²) in [4.78, 5) is 17.9. The second kappa shape index (κ2) is 10.2. The third-order valence-corrected chi connectivity index (χ3v) is 6.97. The van der Waals surface area contributed by atoms with Crippen LogP contribution in [0.2, 0.25) is 0 Å². The zero-order valence-electron chi connectivity index (χ0n) is 20.2. The van der Waals surface area contributed by atoms with Crippen molar-refractivity contribution in [3.05, 3.63) is 103 Å². The summed E-state index contributed by atoms with van der Waals surface area (Å²) < 4.78 is 43.2. The molecule has 0 bridgehead atoms. The van der Waals surface area contributed by atoms with Crippen LogP contribution in [0.5, 0.6) is 0 Å². The van der Waals surface area contributed by atoms with Gasteiger partial charge < -0.3 is 5.11 Å². The van der Waals surface area contributed by atoms with Gasteiger partial charge in [0, 0.05) is 14.8 Å². The number of aromatic nitrogens is 5. The number of pyridine rings is 1. The van der Waals surface area contributed by atoms with Crippen LogP contribution in [0.15, 0.2) is 65.5 Å². The molecule has 2 aromatic carbocycles.